The third kappa shape index (κ3) is 3.38. The van der Waals surface area contributed by atoms with Crippen LogP contribution in [0.4, 0.5) is 11.8 Å². The Kier molecular flexibility index (Phi) is 3.91. The summed E-state index contributed by atoms with van der Waals surface area (Å²) in [6.45, 7) is 2.56. The molecule has 0 atom stereocenters. The van der Waals surface area contributed by atoms with Crippen LogP contribution in [0.3, 0.4) is 0 Å². The fraction of sp³-hybridized carbons (Fsp3) is 0.182. The van der Waals surface area contributed by atoms with Gasteiger partial charge in [0, 0.05) is 31.2 Å². The molecule has 0 saturated heterocycles. The van der Waals surface area contributed by atoms with Crippen molar-refractivity contribution < 1.29 is 8.42 Å². The SMILES string of the molecule is CCNc1cc(S(=O)(=O)Nc2ncccn2)ccn1. The van der Waals surface area contributed by atoms with Crippen molar-refractivity contribution in [2.24, 2.45) is 0 Å². The van der Waals surface area contributed by atoms with E-state index in [2.05, 4.69) is 25.0 Å². The van der Waals surface area contributed by atoms with Crippen molar-refractivity contribution in [3.63, 3.8) is 0 Å². The van der Waals surface area contributed by atoms with Gasteiger partial charge in [0.05, 0.1) is 4.90 Å². The van der Waals surface area contributed by atoms with E-state index in [9.17, 15) is 8.42 Å². The average molecular weight is 279 g/mol. The Morgan fingerprint density at radius 1 is 1.16 bits per heavy atom. The van der Waals surface area contributed by atoms with Gasteiger partial charge in [0.15, 0.2) is 0 Å². The Hall–Kier alpha value is -2.22. The van der Waals surface area contributed by atoms with E-state index >= 15 is 0 Å². The first kappa shape index (κ1) is 13.2. The maximum atomic E-state index is 12.1. The fourth-order valence-corrected chi connectivity index (χ4v) is 2.36. The molecule has 0 bridgehead atoms. The Balaban J connectivity index is 2.27. The number of nitrogens with one attached hydrogen (secondary N) is 2. The highest BCUT2D eigenvalue weighted by molar-refractivity contribution is 7.92. The molecule has 2 aromatic heterocycles. The molecule has 0 saturated carbocycles. The number of sulfonamides is 1. The van der Waals surface area contributed by atoms with Gasteiger partial charge in [-0.2, -0.15) is 0 Å². The number of hydrogen-bond donors (Lipinski definition) is 2. The zero-order valence-electron chi connectivity index (χ0n) is 10.2. The van der Waals surface area contributed by atoms with Crippen molar-refractivity contribution in [3.05, 3.63) is 36.8 Å². The van der Waals surface area contributed by atoms with Crippen LogP contribution in [0.1, 0.15) is 6.92 Å². The number of aromatic nitrogens is 3. The summed E-state index contributed by atoms with van der Waals surface area (Å²) in [5, 5.41) is 2.95. The van der Waals surface area contributed by atoms with E-state index in [4.69, 9.17) is 0 Å². The van der Waals surface area contributed by atoms with Crippen LogP contribution in [0, 0.1) is 0 Å². The number of anilines is 2. The predicted molar refractivity (Wildman–Crippen MR) is 71.2 cm³/mol. The molecule has 2 rings (SSSR count). The molecule has 0 aliphatic carbocycles. The molecule has 0 radical (unpaired) electrons. The third-order valence-electron chi connectivity index (χ3n) is 2.19. The molecule has 19 heavy (non-hydrogen) atoms. The summed E-state index contributed by atoms with van der Waals surface area (Å²) in [5.41, 5.74) is 0. The summed E-state index contributed by atoms with van der Waals surface area (Å²) in [4.78, 5) is 11.7. The maximum Gasteiger partial charge on any atom is 0.264 e. The smallest absolute Gasteiger partial charge is 0.264 e. The Morgan fingerprint density at radius 3 is 2.58 bits per heavy atom. The van der Waals surface area contributed by atoms with Gasteiger partial charge < -0.3 is 5.32 Å². The molecule has 0 aliphatic heterocycles. The summed E-state index contributed by atoms with van der Waals surface area (Å²) in [6, 6.07) is 4.47. The normalized spacial score (nSPS) is 11.0. The van der Waals surface area contributed by atoms with Crippen molar-refractivity contribution >= 4 is 21.8 Å². The zero-order chi connectivity index (χ0) is 13.7. The highest BCUT2D eigenvalue weighted by atomic mass is 32.2. The summed E-state index contributed by atoms with van der Waals surface area (Å²) in [7, 11) is -3.71. The second kappa shape index (κ2) is 5.61. The molecule has 2 N–H and O–H groups in total. The molecule has 0 unspecified atom stereocenters. The van der Waals surface area contributed by atoms with Gasteiger partial charge in [-0.3, -0.25) is 0 Å². The Morgan fingerprint density at radius 2 is 1.89 bits per heavy atom. The van der Waals surface area contributed by atoms with Crippen molar-refractivity contribution in [1.82, 2.24) is 15.0 Å². The summed E-state index contributed by atoms with van der Waals surface area (Å²) < 4.78 is 26.5. The minimum atomic E-state index is -3.71. The van der Waals surface area contributed by atoms with Gasteiger partial charge in [-0.1, -0.05) is 0 Å². The van der Waals surface area contributed by atoms with Gasteiger partial charge in [0.2, 0.25) is 5.95 Å². The van der Waals surface area contributed by atoms with Crippen LogP contribution in [0.2, 0.25) is 0 Å². The molecular formula is C11H13N5O2S. The lowest BCUT2D eigenvalue weighted by molar-refractivity contribution is 0.600. The van der Waals surface area contributed by atoms with Gasteiger partial charge in [-0.15, -0.1) is 0 Å². The highest BCUT2D eigenvalue weighted by Crippen LogP contribution is 2.15. The van der Waals surface area contributed by atoms with Gasteiger partial charge in [0.25, 0.3) is 10.0 Å². The van der Waals surface area contributed by atoms with Crippen molar-refractivity contribution in [2.75, 3.05) is 16.6 Å². The van der Waals surface area contributed by atoms with Crippen LogP contribution in [0.25, 0.3) is 0 Å². The lowest BCUT2D eigenvalue weighted by Crippen LogP contribution is -2.15. The number of hydrogen-bond acceptors (Lipinski definition) is 6. The molecule has 7 nitrogen and oxygen atoms in total. The van der Waals surface area contributed by atoms with Gasteiger partial charge in [0.1, 0.15) is 5.82 Å². The van der Waals surface area contributed by atoms with E-state index < -0.39 is 10.0 Å². The third-order valence-corrected chi connectivity index (χ3v) is 3.52. The highest BCUT2D eigenvalue weighted by Gasteiger charge is 2.16. The van der Waals surface area contributed by atoms with Crippen molar-refractivity contribution in [1.29, 1.82) is 0 Å². The van der Waals surface area contributed by atoms with E-state index in [1.165, 1.54) is 30.7 Å². The summed E-state index contributed by atoms with van der Waals surface area (Å²) >= 11 is 0. The number of pyridine rings is 1. The van der Waals surface area contributed by atoms with Crippen molar-refractivity contribution in [3.8, 4) is 0 Å². The van der Waals surface area contributed by atoms with Gasteiger partial charge >= 0.3 is 0 Å². The molecule has 2 aromatic rings. The fourth-order valence-electron chi connectivity index (χ4n) is 1.39. The monoisotopic (exact) mass is 279 g/mol. The summed E-state index contributed by atoms with van der Waals surface area (Å²) in [5.74, 6) is 0.531. The number of nitrogens with zero attached hydrogens (tertiary/aromatic N) is 3. The lowest BCUT2D eigenvalue weighted by atomic mass is 10.4. The second-order valence-corrected chi connectivity index (χ2v) is 5.27. The standard InChI is InChI=1S/C11H13N5O2S/c1-2-12-10-8-9(4-7-13-10)19(17,18)16-11-14-5-3-6-15-11/h3-8H,2H2,1H3,(H,12,13)(H,14,15,16). The first-order chi connectivity index (χ1) is 9.12. The lowest BCUT2D eigenvalue weighted by Gasteiger charge is -2.07. The average Bonchev–Trinajstić information content (AvgIpc) is 2.40. The summed E-state index contributed by atoms with van der Waals surface area (Å²) in [6.07, 6.45) is 4.35. The Bertz CT molecular complexity index is 645. The van der Waals surface area contributed by atoms with E-state index in [1.54, 1.807) is 6.07 Å². The van der Waals surface area contributed by atoms with E-state index in [-0.39, 0.29) is 10.8 Å². The minimum Gasteiger partial charge on any atom is -0.370 e. The van der Waals surface area contributed by atoms with Crippen molar-refractivity contribution in [2.45, 2.75) is 11.8 Å². The molecule has 0 aromatic carbocycles. The van der Waals surface area contributed by atoms with E-state index in [1.807, 2.05) is 6.92 Å². The largest absolute Gasteiger partial charge is 0.370 e. The second-order valence-electron chi connectivity index (χ2n) is 3.59. The maximum absolute atomic E-state index is 12.1. The van der Waals surface area contributed by atoms with Crippen LogP contribution in [0.15, 0.2) is 41.7 Å². The van der Waals surface area contributed by atoms with Gasteiger partial charge in [-0.25, -0.2) is 28.1 Å². The topological polar surface area (TPSA) is 96.9 Å². The first-order valence-electron chi connectivity index (χ1n) is 5.61. The van der Waals surface area contributed by atoms with E-state index in [0.717, 1.165) is 0 Å². The van der Waals surface area contributed by atoms with Gasteiger partial charge in [-0.05, 0) is 19.1 Å². The molecule has 0 aliphatic rings. The first-order valence-corrected chi connectivity index (χ1v) is 7.10. The van der Waals surface area contributed by atoms with Crippen LogP contribution in [-0.4, -0.2) is 29.9 Å². The molecule has 100 valence electrons. The molecule has 0 spiro atoms. The van der Waals surface area contributed by atoms with Crippen LogP contribution >= 0.6 is 0 Å². The molecule has 8 heteroatoms. The molecule has 2 heterocycles. The molecular weight excluding hydrogens is 266 g/mol. The van der Waals surface area contributed by atoms with Crippen LogP contribution < -0.4 is 10.0 Å². The molecule has 0 fully saturated rings. The Labute approximate surface area is 111 Å². The van der Waals surface area contributed by atoms with Crippen LogP contribution in [0.5, 0.6) is 0 Å². The molecule has 0 amide bonds. The zero-order valence-corrected chi connectivity index (χ0v) is 11.1. The quantitative estimate of drug-likeness (QED) is 0.850. The minimum absolute atomic E-state index is 0.0318. The predicted octanol–water partition coefficient (Wildman–Crippen LogP) is 1.10. The van der Waals surface area contributed by atoms with Crippen LogP contribution in [-0.2, 0) is 10.0 Å². The van der Waals surface area contributed by atoms with E-state index in [0.29, 0.717) is 12.4 Å². The number of rotatable bonds is 5.